The summed E-state index contributed by atoms with van der Waals surface area (Å²) in [7, 11) is 0. The Morgan fingerprint density at radius 1 is 1.14 bits per heavy atom. The lowest BCUT2D eigenvalue weighted by molar-refractivity contribution is 0.0379. The fourth-order valence-corrected chi connectivity index (χ4v) is 5.24. The topological polar surface area (TPSA) is 41.3 Å². The Bertz CT molecular complexity index is 1030. The Labute approximate surface area is 171 Å². The predicted octanol–water partition coefficient (Wildman–Crippen LogP) is 4.50. The molecule has 1 fully saturated rings. The number of rotatable bonds is 4. The molecule has 2 atom stereocenters. The highest BCUT2D eigenvalue weighted by Crippen LogP contribution is 2.42. The summed E-state index contributed by atoms with van der Waals surface area (Å²) in [6.45, 7) is 3.95. The quantitative estimate of drug-likeness (QED) is 0.710. The normalized spacial score (nSPS) is 21.6. The molecule has 3 aromatic rings. The van der Waals surface area contributed by atoms with Crippen molar-refractivity contribution < 1.29 is 9.50 Å². The number of piperidine rings is 1. The molecule has 5 rings (SSSR count). The van der Waals surface area contributed by atoms with Crippen LogP contribution in [0.3, 0.4) is 0 Å². The van der Waals surface area contributed by atoms with E-state index in [1.807, 2.05) is 43.3 Å². The van der Waals surface area contributed by atoms with Crippen LogP contribution in [-0.4, -0.2) is 32.6 Å². The SMILES string of the molecule is CC(O)(Cn1c2c(c3nc(CF)ccc31)C1CCCCN1CC2)c1ccccc1. The molecule has 1 aromatic carbocycles. The lowest BCUT2D eigenvalue weighted by Crippen LogP contribution is -2.39. The zero-order valence-corrected chi connectivity index (χ0v) is 16.9. The number of alkyl halides is 1. The van der Waals surface area contributed by atoms with E-state index in [0.717, 1.165) is 42.5 Å². The standard InChI is InChI=1S/C24H28FN3O/c1-24(29,17-7-3-2-4-8-17)16-28-20-12-14-27-13-6-5-9-19(27)22(20)23-21(28)11-10-18(15-25)26-23/h2-4,7-8,10-11,19,29H,5-6,9,12-16H2,1H3. The van der Waals surface area contributed by atoms with Crippen molar-refractivity contribution >= 4 is 11.0 Å². The van der Waals surface area contributed by atoms with Gasteiger partial charge in [0.1, 0.15) is 12.3 Å². The van der Waals surface area contributed by atoms with Crippen LogP contribution in [0.1, 0.15) is 54.7 Å². The molecule has 0 aliphatic carbocycles. The monoisotopic (exact) mass is 393 g/mol. The van der Waals surface area contributed by atoms with E-state index >= 15 is 0 Å². The molecule has 0 radical (unpaired) electrons. The molecule has 1 N–H and O–H groups in total. The van der Waals surface area contributed by atoms with Gasteiger partial charge in [-0.25, -0.2) is 9.37 Å². The van der Waals surface area contributed by atoms with Crippen LogP contribution in [0.5, 0.6) is 0 Å². The van der Waals surface area contributed by atoms with Crippen LogP contribution >= 0.6 is 0 Å². The summed E-state index contributed by atoms with van der Waals surface area (Å²) >= 11 is 0. The van der Waals surface area contributed by atoms with E-state index in [4.69, 9.17) is 4.98 Å². The number of nitrogens with zero attached hydrogens (tertiary/aromatic N) is 3. The molecule has 4 nitrogen and oxygen atoms in total. The summed E-state index contributed by atoms with van der Waals surface area (Å²) in [6, 6.07) is 14.0. The van der Waals surface area contributed by atoms with Gasteiger partial charge in [0.15, 0.2) is 0 Å². The predicted molar refractivity (Wildman–Crippen MR) is 112 cm³/mol. The zero-order chi connectivity index (χ0) is 20.0. The minimum atomic E-state index is -0.997. The Morgan fingerprint density at radius 3 is 2.76 bits per heavy atom. The van der Waals surface area contributed by atoms with Gasteiger partial charge in [-0.2, -0.15) is 0 Å². The second-order valence-electron chi connectivity index (χ2n) is 8.69. The lowest BCUT2D eigenvalue weighted by Gasteiger charge is -2.40. The molecule has 5 heteroatoms. The van der Waals surface area contributed by atoms with Crippen LogP contribution in [0, 0.1) is 0 Å². The van der Waals surface area contributed by atoms with Gasteiger partial charge in [-0.15, -0.1) is 0 Å². The molecule has 2 aliphatic rings. The van der Waals surface area contributed by atoms with Crippen molar-refractivity contribution in [3.63, 3.8) is 0 Å². The highest BCUT2D eigenvalue weighted by molar-refractivity contribution is 5.83. The smallest absolute Gasteiger partial charge is 0.131 e. The van der Waals surface area contributed by atoms with E-state index in [9.17, 15) is 9.50 Å². The van der Waals surface area contributed by atoms with Crippen LogP contribution < -0.4 is 0 Å². The number of aliphatic hydroxyl groups is 1. The first-order chi connectivity index (χ1) is 14.1. The van der Waals surface area contributed by atoms with Crippen molar-refractivity contribution in [2.45, 2.75) is 57.5 Å². The van der Waals surface area contributed by atoms with E-state index in [1.165, 1.54) is 24.1 Å². The number of fused-ring (bicyclic) bond motifs is 5. The van der Waals surface area contributed by atoms with Gasteiger partial charge in [0.2, 0.25) is 0 Å². The molecule has 0 spiro atoms. The summed E-state index contributed by atoms with van der Waals surface area (Å²) in [5.74, 6) is 0. The molecule has 2 aliphatic heterocycles. The Kier molecular flexibility index (Phi) is 4.67. The highest BCUT2D eigenvalue weighted by atomic mass is 19.1. The number of hydrogen-bond acceptors (Lipinski definition) is 3. The molecule has 0 bridgehead atoms. The number of halogens is 1. The van der Waals surface area contributed by atoms with Crippen LogP contribution in [-0.2, 0) is 25.2 Å². The number of benzene rings is 1. The van der Waals surface area contributed by atoms with Crippen molar-refractivity contribution in [3.8, 4) is 0 Å². The first kappa shape index (κ1) is 18.8. The third-order valence-corrected chi connectivity index (χ3v) is 6.70. The molecule has 29 heavy (non-hydrogen) atoms. The molecular formula is C24H28FN3O. The van der Waals surface area contributed by atoms with Crippen molar-refractivity contribution in [1.29, 1.82) is 0 Å². The Balaban J connectivity index is 1.66. The molecule has 0 amide bonds. The fourth-order valence-electron chi connectivity index (χ4n) is 5.24. The maximum atomic E-state index is 13.4. The van der Waals surface area contributed by atoms with Gasteiger partial charge in [-0.3, -0.25) is 4.90 Å². The largest absolute Gasteiger partial charge is 0.384 e. The molecular weight excluding hydrogens is 365 g/mol. The number of hydrogen-bond donors (Lipinski definition) is 1. The Morgan fingerprint density at radius 2 is 1.97 bits per heavy atom. The summed E-state index contributed by atoms with van der Waals surface area (Å²) in [5, 5.41) is 11.3. The third kappa shape index (κ3) is 3.17. The Hall–Kier alpha value is -2.24. The average molecular weight is 394 g/mol. The second-order valence-corrected chi connectivity index (χ2v) is 8.69. The summed E-state index contributed by atoms with van der Waals surface area (Å²) in [5.41, 5.74) is 4.86. The highest BCUT2D eigenvalue weighted by Gasteiger charge is 2.36. The van der Waals surface area contributed by atoms with Gasteiger partial charge >= 0.3 is 0 Å². The third-order valence-electron chi connectivity index (χ3n) is 6.70. The van der Waals surface area contributed by atoms with Gasteiger partial charge in [0.25, 0.3) is 0 Å². The first-order valence-electron chi connectivity index (χ1n) is 10.7. The molecule has 0 saturated carbocycles. The van der Waals surface area contributed by atoms with Crippen LogP contribution in [0.15, 0.2) is 42.5 Å². The first-order valence-corrected chi connectivity index (χ1v) is 10.7. The maximum Gasteiger partial charge on any atom is 0.131 e. The maximum absolute atomic E-state index is 13.4. The number of pyridine rings is 1. The van der Waals surface area contributed by atoms with E-state index < -0.39 is 12.3 Å². The summed E-state index contributed by atoms with van der Waals surface area (Å²) in [4.78, 5) is 7.28. The average Bonchev–Trinajstić information content (AvgIpc) is 3.07. The zero-order valence-electron chi connectivity index (χ0n) is 16.9. The van der Waals surface area contributed by atoms with Crippen LogP contribution in [0.25, 0.3) is 11.0 Å². The van der Waals surface area contributed by atoms with E-state index in [0.29, 0.717) is 18.3 Å². The van der Waals surface area contributed by atoms with Crippen molar-refractivity contribution in [2.75, 3.05) is 13.1 Å². The lowest BCUT2D eigenvalue weighted by atomic mass is 9.90. The van der Waals surface area contributed by atoms with Gasteiger partial charge < -0.3 is 9.67 Å². The molecule has 2 unspecified atom stereocenters. The number of aromatic nitrogens is 2. The fraction of sp³-hybridized carbons (Fsp3) is 0.458. The van der Waals surface area contributed by atoms with E-state index in [-0.39, 0.29) is 0 Å². The van der Waals surface area contributed by atoms with Crippen molar-refractivity contribution in [1.82, 2.24) is 14.5 Å². The summed E-state index contributed by atoms with van der Waals surface area (Å²) in [6.07, 6.45) is 4.54. The second kappa shape index (κ2) is 7.22. The van der Waals surface area contributed by atoms with Crippen molar-refractivity contribution in [3.05, 3.63) is 65.0 Å². The molecule has 152 valence electrons. The van der Waals surface area contributed by atoms with Gasteiger partial charge in [0.05, 0.1) is 23.3 Å². The van der Waals surface area contributed by atoms with E-state index in [1.54, 1.807) is 6.07 Å². The van der Waals surface area contributed by atoms with Crippen molar-refractivity contribution in [2.24, 2.45) is 0 Å². The van der Waals surface area contributed by atoms with Gasteiger partial charge in [-0.05, 0) is 44.0 Å². The van der Waals surface area contributed by atoms with Gasteiger partial charge in [-0.1, -0.05) is 36.8 Å². The molecule has 1 saturated heterocycles. The van der Waals surface area contributed by atoms with Crippen LogP contribution in [0.2, 0.25) is 0 Å². The van der Waals surface area contributed by atoms with E-state index in [2.05, 4.69) is 9.47 Å². The molecule has 4 heterocycles. The van der Waals surface area contributed by atoms with Crippen LogP contribution in [0.4, 0.5) is 4.39 Å². The summed E-state index contributed by atoms with van der Waals surface area (Å²) < 4.78 is 15.6. The minimum absolute atomic E-state index is 0.361. The molecule has 2 aromatic heterocycles. The van der Waals surface area contributed by atoms with Gasteiger partial charge in [0, 0.05) is 30.3 Å². The minimum Gasteiger partial charge on any atom is -0.384 e.